The third kappa shape index (κ3) is 4.47. The van der Waals surface area contributed by atoms with E-state index in [1.54, 1.807) is 24.2 Å². The van der Waals surface area contributed by atoms with Crippen LogP contribution in [0.3, 0.4) is 0 Å². The third-order valence-corrected chi connectivity index (χ3v) is 3.59. The average molecular weight is 222 g/mol. The van der Waals surface area contributed by atoms with E-state index >= 15 is 0 Å². The fraction of sp³-hybridized carbons (Fsp3) is 0.500. The van der Waals surface area contributed by atoms with Gasteiger partial charge in [-0.1, -0.05) is 31.7 Å². The normalized spacial score (nSPS) is 14.5. The lowest BCUT2D eigenvalue weighted by atomic mass is 10.0. The predicted octanol–water partition coefficient (Wildman–Crippen LogP) is 3.56. The number of nitrogens with zero attached hydrogens (tertiary/aromatic N) is 2. The van der Waals surface area contributed by atoms with E-state index in [1.807, 2.05) is 12.1 Å². The van der Waals surface area contributed by atoms with Gasteiger partial charge in [-0.15, -0.1) is 6.58 Å². The van der Waals surface area contributed by atoms with Crippen molar-refractivity contribution in [2.24, 2.45) is 5.92 Å². The molecule has 0 spiro atoms. The molecule has 0 radical (unpaired) electrons. The van der Waals surface area contributed by atoms with Crippen LogP contribution >= 0.6 is 11.8 Å². The van der Waals surface area contributed by atoms with Crippen LogP contribution in [0.2, 0.25) is 0 Å². The molecule has 0 unspecified atom stereocenters. The van der Waals surface area contributed by atoms with Crippen molar-refractivity contribution in [1.29, 1.82) is 0 Å². The summed E-state index contributed by atoms with van der Waals surface area (Å²) in [6.45, 7) is 8.22. The molecule has 0 N–H and O–H groups in total. The van der Waals surface area contributed by atoms with Crippen LogP contribution in [0, 0.1) is 5.92 Å². The van der Waals surface area contributed by atoms with E-state index in [-0.39, 0.29) is 0 Å². The zero-order valence-electron chi connectivity index (χ0n) is 9.39. The molecule has 0 aliphatic heterocycles. The van der Waals surface area contributed by atoms with Gasteiger partial charge in [0.1, 0.15) is 0 Å². The zero-order chi connectivity index (χ0) is 11.1. The molecule has 1 aromatic heterocycles. The molecule has 0 amide bonds. The van der Waals surface area contributed by atoms with Gasteiger partial charge in [-0.3, -0.25) is 0 Å². The van der Waals surface area contributed by atoms with Crippen LogP contribution in [0.4, 0.5) is 0 Å². The van der Waals surface area contributed by atoms with Crippen LogP contribution in [0.1, 0.15) is 26.7 Å². The van der Waals surface area contributed by atoms with Crippen LogP contribution in [0.5, 0.6) is 0 Å². The monoisotopic (exact) mass is 222 g/mol. The van der Waals surface area contributed by atoms with Crippen molar-refractivity contribution in [3.05, 3.63) is 31.1 Å². The molecule has 0 aromatic carbocycles. The molecular weight excluding hydrogens is 204 g/mol. The molecule has 82 valence electrons. The van der Waals surface area contributed by atoms with E-state index in [9.17, 15) is 0 Å². The quantitative estimate of drug-likeness (QED) is 0.418. The molecule has 1 aromatic rings. The highest BCUT2D eigenvalue weighted by molar-refractivity contribution is 7.99. The van der Waals surface area contributed by atoms with Crippen LogP contribution in [-0.4, -0.2) is 15.2 Å². The van der Waals surface area contributed by atoms with E-state index in [4.69, 9.17) is 0 Å². The summed E-state index contributed by atoms with van der Waals surface area (Å²) in [5.74, 6) is 0.561. The SMILES string of the molecule is C=C[C@@H](C)C[C@H](CC)Sc1ncccn1. The van der Waals surface area contributed by atoms with Crippen molar-refractivity contribution in [3.8, 4) is 0 Å². The fourth-order valence-corrected chi connectivity index (χ4v) is 2.41. The molecule has 2 atom stereocenters. The molecule has 3 heteroatoms. The molecule has 0 aliphatic rings. The molecule has 0 aliphatic carbocycles. The summed E-state index contributed by atoms with van der Waals surface area (Å²) in [5.41, 5.74) is 0. The van der Waals surface area contributed by atoms with Crippen molar-refractivity contribution >= 4 is 11.8 Å². The van der Waals surface area contributed by atoms with Crippen molar-refractivity contribution in [2.75, 3.05) is 0 Å². The highest BCUT2D eigenvalue weighted by Gasteiger charge is 2.12. The summed E-state index contributed by atoms with van der Waals surface area (Å²) >= 11 is 1.76. The number of aromatic nitrogens is 2. The first-order chi connectivity index (χ1) is 7.26. The molecule has 0 fully saturated rings. The maximum Gasteiger partial charge on any atom is 0.187 e. The van der Waals surface area contributed by atoms with Gasteiger partial charge in [0.15, 0.2) is 5.16 Å². The summed E-state index contributed by atoms with van der Waals surface area (Å²) in [4.78, 5) is 8.45. The Morgan fingerprint density at radius 2 is 2.13 bits per heavy atom. The minimum Gasteiger partial charge on any atom is -0.231 e. The number of hydrogen-bond donors (Lipinski definition) is 0. The lowest BCUT2D eigenvalue weighted by Gasteiger charge is -2.15. The second-order valence-corrected chi connectivity index (χ2v) is 4.90. The van der Waals surface area contributed by atoms with E-state index in [0.717, 1.165) is 18.0 Å². The van der Waals surface area contributed by atoms with Gasteiger partial charge in [0.25, 0.3) is 0 Å². The third-order valence-electron chi connectivity index (χ3n) is 2.31. The Labute approximate surface area is 96.2 Å². The summed E-state index contributed by atoms with van der Waals surface area (Å²) in [6.07, 6.45) is 7.87. The first kappa shape index (κ1) is 12.2. The van der Waals surface area contributed by atoms with Crippen molar-refractivity contribution in [2.45, 2.75) is 37.1 Å². The number of thioether (sulfide) groups is 1. The van der Waals surface area contributed by atoms with Gasteiger partial charge < -0.3 is 0 Å². The maximum atomic E-state index is 4.23. The van der Waals surface area contributed by atoms with Gasteiger partial charge in [-0.25, -0.2) is 9.97 Å². The van der Waals surface area contributed by atoms with Gasteiger partial charge in [-0.2, -0.15) is 0 Å². The number of allylic oxidation sites excluding steroid dienone is 1. The smallest absolute Gasteiger partial charge is 0.187 e. The average Bonchev–Trinajstić information content (AvgIpc) is 2.29. The van der Waals surface area contributed by atoms with E-state index in [2.05, 4.69) is 30.4 Å². The van der Waals surface area contributed by atoms with Gasteiger partial charge in [0.05, 0.1) is 0 Å². The summed E-state index contributed by atoms with van der Waals surface area (Å²) < 4.78 is 0. The Balaban J connectivity index is 2.50. The Bertz CT molecular complexity index is 287. The van der Waals surface area contributed by atoms with Crippen molar-refractivity contribution in [3.63, 3.8) is 0 Å². The van der Waals surface area contributed by atoms with Crippen LogP contribution in [-0.2, 0) is 0 Å². The van der Waals surface area contributed by atoms with Crippen LogP contribution in [0.25, 0.3) is 0 Å². The van der Waals surface area contributed by atoms with Crippen LogP contribution in [0.15, 0.2) is 36.3 Å². The molecule has 1 heterocycles. The minimum absolute atomic E-state index is 0.561. The Hall–Kier alpha value is -0.830. The molecule has 2 nitrogen and oxygen atoms in total. The highest BCUT2D eigenvalue weighted by atomic mass is 32.2. The lowest BCUT2D eigenvalue weighted by Crippen LogP contribution is -2.06. The van der Waals surface area contributed by atoms with E-state index in [1.165, 1.54) is 0 Å². The molecule has 15 heavy (non-hydrogen) atoms. The van der Waals surface area contributed by atoms with Gasteiger partial charge >= 0.3 is 0 Å². The number of hydrogen-bond acceptors (Lipinski definition) is 3. The van der Waals surface area contributed by atoms with Crippen LogP contribution < -0.4 is 0 Å². The Morgan fingerprint density at radius 3 is 2.67 bits per heavy atom. The predicted molar refractivity (Wildman–Crippen MR) is 65.9 cm³/mol. The maximum absolute atomic E-state index is 4.23. The number of rotatable bonds is 6. The largest absolute Gasteiger partial charge is 0.231 e. The first-order valence-corrected chi connectivity index (χ1v) is 6.20. The fourth-order valence-electron chi connectivity index (χ4n) is 1.30. The summed E-state index contributed by atoms with van der Waals surface area (Å²) in [7, 11) is 0. The topological polar surface area (TPSA) is 25.8 Å². The van der Waals surface area contributed by atoms with E-state index < -0.39 is 0 Å². The minimum atomic E-state index is 0.561. The molecular formula is C12H18N2S. The Morgan fingerprint density at radius 1 is 1.47 bits per heavy atom. The Kier molecular flexibility index (Phi) is 5.40. The standard InChI is InChI=1S/C12H18N2S/c1-4-10(3)9-11(5-2)15-12-13-7-6-8-14-12/h4,6-8,10-11H,1,5,9H2,2-3H3/t10-,11+/m1/s1. The zero-order valence-corrected chi connectivity index (χ0v) is 10.2. The first-order valence-electron chi connectivity index (χ1n) is 5.32. The molecule has 0 bridgehead atoms. The lowest BCUT2D eigenvalue weighted by molar-refractivity contribution is 0.610. The van der Waals surface area contributed by atoms with Gasteiger partial charge in [0, 0.05) is 17.6 Å². The second-order valence-electron chi connectivity index (χ2n) is 3.63. The summed E-state index contributed by atoms with van der Waals surface area (Å²) in [5, 5.41) is 1.46. The van der Waals surface area contributed by atoms with Gasteiger partial charge in [0.2, 0.25) is 0 Å². The van der Waals surface area contributed by atoms with Crippen molar-refractivity contribution in [1.82, 2.24) is 9.97 Å². The van der Waals surface area contributed by atoms with E-state index in [0.29, 0.717) is 11.2 Å². The highest BCUT2D eigenvalue weighted by Crippen LogP contribution is 2.27. The van der Waals surface area contributed by atoms with Gasteiger partial charge in [-0.05, 0) is 24.8 Å². The molecule has 0 saturated carbocycles. The second kappa shape index (κ2) is 6.62. The molecule has 1 rings (SSSR count). The molecule has 0 saturated heterocycles. The summed E-state index contributed by atoms with van der Waals surface area (Å²) in [6, 6.07) is 1.84. The van der Waals surface area contributed by atoms with Crippen molar-refractivity contribution < 1.29 is 0 Å².